The maximum Gasteiger partial charge on any atom is 0.246 e. The third-order valence-corrected chi connectivity index (χ3v) is 7.83. The molecule has 7 heteroatoms. The number of rotatable bonds is 22. The largest absolute Gasteiger partial charge is 0.388 e. The van der Waals surface area contributed by atoms with Crippen molar-refractivity contribution in [2.24, 2.45) is 11.8 Å². The monoisotopic (exact) mass is 676 g/mol. The van der Waals surface area contributed by atoms with E-state index in [1.54, 1.807) is 26.0 Å². The molecule has 4 atom stereocenters. The number of unbranched alkanes of at least 4 members (excludes halogenated alkanes) is 4. The minimum Gasteiger partial charge on any atom is -0.388 e. The Morgan fingerprint density at radius 3 is 1.41 bits per heavy atom. The van der Waals surface area contributed by atoms with Crippen molar-refractivity contribution < 1.29 is 24.5 Å². The molecular weight excluding hydrogens is 612 g/mol. The van der Waals surface area contributed by atoms with Crippen molar-refractivity contribution in [2.45, 2.75) is 119 Å². The van der Waals surface area contributed by atoms with Gasteiger partial charge in [-0.3, -0.25) is 9.59 Å². The van der Waals surface area contributed by atoms with Gasteiger partial charge in [0.2, 0.25) is 11.8 Å². The van der Waals surface area contributed by atoms with Gasteiger partial charge in [-0.2, -0.15) is 0 Å². The molecule has 0 rings (SSSR count). The van der Waals surface area contributed by atoms with E-state index in [0.29, 0.717) is 63.1 Å². The molecule has 0 saturated heterocycles. The Balaban J connectivity index is 4.17. The van der Waals surface area contributed by atoms with E-state index < -0.39 is 12.2 Å². The fourth-order valence-corrected chi connectivity index (χ4v) is 4.45. The summed E-state index contributed by atoms with van der Waals surface area (Å²) in [4.78, 5) is 24.6. The normalized spacial score (nSPS) is 15.2. The number of aliphatic hydroxyl groups is 2. The van der Waals surface area contributed by atoms with E-state index in [1.165, 1.54) is 0 Å². The standard InChI is InChI=1S/C42H64N2O5/c1-9-11-23-33(3)39(45)35(5)25-19-15-13-17-21-27-37(7)41(47)43-29-31-49-32-30-44-42(48)38(8)28-22-18-14-16-20-26-36(6)40(46)34(4)24-12-10-2/h19-20,23-28,35-36,39-40,45-46H,9-12,17-18,21-22,29-32H2,1-8H3,(H,43,47)(H,44,48)/b25-19+,26-20+,33-23+,34-24+,37-27+,38-28+/t35-,36-,39+,40+/m1/s1. The molecule has 0 aliphatic carbocycles. The van der Waals surface area contributed by atoms with Crippen LogP contribution in [0.4, 0.5) is 0 Å². The van der Waals surface area contributed by atoms with Crippen LogP contribution in [0, 0.1) is 35.5 Å². The molecule has 0 aliphatic rings. The first-order valence-corrected chi connectivity index (χ1v) is 17.9. The van der Waals surface area contributed by atoms with Crippen molar-refractivity contribution in [2.75, 3.05) is 26.3 Å². The second-order valence-electron chi connectivity index (χ2n) is 12.4. The third-order valence-electron chi connectivity index (χ3n) is 7.83. The summed E-state index contributed by atoms with van der Waals surface area (Å²) in [6.07, 6.45) is 21.1. The zero-order valence-electron chi connectivity index (χ0n) is 31.5. The molecule has 0 bridgehead atoms. The van der Waals surface area contributed by atoms with E-state index in [9.17, 15) is 19.8 Å². The Morgan fingerprint density at radius 2 is 1.04 bits per heavy atom. The summed E-state index contributed by atoms with van der Waals surface area (Å²) in [5.41, 5.74) is 3.26. The van der Waals surface area contributed by atoms with Crippen LogP contribution in [-0.2, 0) is 14.3 Å². The average Bonchev–Trinajstić information content (AvgIpc) is 3.09. The molecule has 0 aromatic rings. The highest BCUT2D eigenvalue weighted by atomic mass is 16.5. The SMILES string of the molecule is CCC/C=C(\C)[C@H](O)[C@H](C)/C=C/C#CCC/C=C(\C)C(=O)NCCOCCNC(=O)/C(C)=C/CCC#C/C=C/[C@@H](C)[C@@H](O)/C(C)=C/CCC. The highest BCUT2D eigenvalue weighted by Crippen LogP contribution is 2.15. The van der Waals surface area contributed by atoms with E-state index in [-0.39, 0.29) is 23.7 Å². The van der Waals surface area contributed by atoms with Crippen LogP contribution in [0.25, 0.3) is 0 Å². The van der Waals surface area contributed by atoms with Crippen molar-refractivity contribution in [1.82, 2.24) is 10.6 Å². The molecule has 0 unspecified atom stereocenters. The number of ether oxygens (including phenoxy) is 1. The molecule has 0 aromatic heterocycles. The van der Waals surface area contributed by atoms with Gasteiger partial charge in [0.1, 0.15) is 0 Å². The minimum absolute atomic E-state index is 0.00233. The number of hydrogen-bond acceptors (Lipinski definition) is 5. The number of carbonyl (C=O) groups excluding carboxylic acids is 2. The summed E-state index contributed by atoms with van der Waals surface area (Å²) in [7, 11) is 0. The van der Waals surface area contributed by atoms with Gasteiger partial charge >= 0.3 is 0 Å². The lowest BCUT2D eigenvalue weighted by Gasteiger charge is -2.16. The number of aliphatic hydroxyl groups excluding tert-OH is 2. The lowest BCUT2D eigenvalue weighted by Crippen LogP contribution is -2.30. The van der Waals surface area contributed by atoms with Crippen molar-refractivity contribution in [3.05, 3.63) is 70.9 Å². The molecule has 0 fully saturated rings. The number of nitrogens with one attached hydrogen (secondary N) is 2. The van der Waals surface area contributed by atoms with Gasteiger partial charge in [-0.1, -0.05) is 101 Å². The first-order valence-electron chi connectivity index (χ1n) is 17.9. The Labute approximate surface area is 298 Å². The molecule has 7 nitrogen and oxygen atoms in total. The molecule has 0 aromatic carbocycles. The van der Waals surface area contributed by atoms with Gasteiger partial charge in [0, 0.05) is 48.9 Å². The molecule has 4 N–H and O–H groups in total. The van der Waals surface area contributed by atoms with Crippen molar-refractivity contribution in [3.8, 4) is 23.7 Å². The molecule has 0 radical (unpaired) electrons. The van der Waals surface area contributed by atoms with Crippen LogP contribution in [0.5, 0.6) is 0 Å². The number of hydrogen-bond donors (Lipinski definition) is 4. The smallest absolute Gasteiger partial charge is 0.246 e. The van der Waals surface area contributed by atoms with Crippen molar-refractivity contribution >= 4 is 11.8 Å². The van der Waals surface area contributed by atoms with Crippen LogP contribution >= 0.6 is 0 Å². The van der Waals surface area contributed by atoms with Crippen LogP contribution in [-0.4, -0.2) is 60.5 Å². The zero-order valence-corrected chi connectivity index (χ0v) is 31.5. The molecule has 2 amide bonds. The second-order valence-corrected chi connectivity index (χ2v) is 12.4. The van der Waals surface area contributed by atoms with Crippen LogP contribution in [0.1, 0.15) is 107 Å². The van der Waals surface area contributed by atoms with E-state index >= 15 is 0 Å². The fourth-order valence-electron chi connectivity index (χ4n) is 4.45. The minimum atomic E-state index is -0.493. The molecule has 0 spiro atoms. The van der Waals surface area contributed by atoms with Gasteiger partial charge in [-0.25, -0.2) is 0 Å². The number of amides is 2. The van der Waals surface area contributed by atoms with Crippen LogP contribution in [0.2, 0.25) is 0 Å². The highest BCUT2D eigenvalue weighted by Gasteiger charge is 2.13. The maximum atomic E-state index is 12.3. The fraction of sp³-hybridized carbons (Fsp3) is 0.571. The Kier molecular flexibility index (Phi) is 27.1. The van der Waals surface area contributed by atoms with E-state index in [2.05, 4.69) is 60.3 Å². The van der Waals surface area contributed by atoms with E-state index in [4.69, 9.17) is 4.74 Å². The second kappa shape index (κ2) is 29.3. The molecule has 49 heavy (non-hydrogen) atoms. The van der Waals surface area contributed by atoms with Crippen molar-refractivity contribution in [1.29, 1.82) is 0 Å². The lowest BCUT2D eigenvalue weighted by atomic mass is 9.97. The molecule has 0 heterocycles. The number of allylic oxidation sites excluding steroid dienone is 6. The molecular formula is C42H64N2O5. The predicted octanol–water partition coefficient (Wildman–Crippen LogP) is 7.29. The lowest BCUT2D eigenvalue weighted by molar-refractivity contribution is -0.118. The van der Waals surface area contributed by atoms with Gasteiger partial charge in [0.05, 0.1) is 25.4 Å². The predicted molar refractivity (Wildman–Crippen MR) is 204 cm³/mol. The van der Waals surface area contributed by atoms with Gasteiger partial charge in [0.15, 0.2) is 0 Å². The molecule has 0 saturated carbocycles. The quantitative estimate of drug-likeness (QED) is 0.0417. The summed E-state index contributed by atoms with van der Waals surface area (Å²) < 4.78 is 5.53. The average molecular weight is 677 g/mol. The summed E-state index contributed by atoms with van der Waals surface area (Å²) in [6.45, 7) is 17.1. The Bertz CT molecular complexity index is 1180. The van der Waals surface area contributed by atoms with Crippen LogP contribution < -0.4 is 10.6 Å². The first kappa shape index (κ1) is 45.4. The van der Waals surface area contributed by atoms with E-state index in [1.807, 2.05) is 52.0 Å². The third kappa shape index (κ3) is 23.4. The van der Waals surface area contributed by atoms with E-state index in [0.717, 1.165) is 36.8 Å². The first-order chi connectivity index (χ1) is 23.5. The van der Waals surface area contributed by atoms with Crippen LogP contribution in [0.15, 0.2) is 70.9 Å². The Morgan fingerprint density at radius 1 is 0.653 bits per heavy atom. The Hall–Kier alpha value is -3.62. The van der Waals surface area contributed by atoms with Gasteiger partial charge < -0.3 is 25.6 Å². The maximum absolute atomic E-state index is 12.3. The summed E-state index contributed by atoms with van der Waals surface area (Å²) >= 11 is 0. The summed E-state index contributed by atoms with van der Waals surface area (Å²) in [6, 6.07) is 0. The van der Waals surface area contributed by atoms with Crippen molar-refractivity contribution in [3.63, 3.8) is 0 Å². The molecule has 272 valence electrons. The van der Waals surface area contributed by atoms with Gasteiger partial charge in [0.25, 0.3) is 0 Å². The van der Waals surface area contributed by atoms with Crippen LogP contribution in [0.3, 0.4) is 0 Å². The number of carbonyl (C=O) groups is 2. The topological polar surface area (TPSA) is 108 Å². The summed E-state index contributed by atoms with van der Waals surface area (Å²) in [5.74, 6) is 11.9. The molecule has 0 aliphatic heterocycles. The van der Waals surface area contributed by atoms with Gasteiger partial charge in [-0.05, 0) is 76.7 Å². The van der Waals surface area contributed by atoms with Gasteiger partial charge in [-0.15, -0.1) is 0 Å². The zero-order chi connectivity index (χ0) is 36.9. The summed E-state index contributed by atoms with van der Waals surface area (Å²) in [5, 5.41) is 26.4. The highest BCUT2D eigenvalue weighted by molar-refractivity contribution is 5.93.